The zero-order valence-corrected chi connectivity index (χ0v) is 25.1. The van der Waals surface area contributed by atoms with Crippen molar-refractivity contribution in [2.24, 2.45) is 5.92 Å². The number of hydrogen-bond acceptors (Lipinski definition) is 8. The van der Waals surface area contributed by atoms with Crippen molar-refractivity contribution < 1.29 is 45.4 Å². The highest BCUT2D eigenvalue weighted by Crippen LogP contribution is 2.33. The molecule has 4 aromatic heterocycles. The molecule has 0 saturated heterocycles. The molecule has 1 aliphatic carbocycles. The van der Waals surface area contributed by atoms with Crippen molar-refractivity contribution in [1.82, 2.24) is 29.2 Å². The smallest absolute Gasteiger partial charge is 0.433 e. The maximum absolute atomic E-state index is 13.4. The lowest BCUT2D eigenvalue weighted by Crippen LogP contribution is -2.17. The van der Waals surface area contributed by atoms with Gasteiger partial charge in [-0.2, -0.15) is 36.5 Å². The van der Waals surface area contributed by atoms with E-state index in [9.17, 15) is 35.9 Å². The Hall–Kier alpha value is -3.76. The number of alkyl halides is 6. The van der Waals surface area contributed by atoms with Gasteiger partial charge in [0.1, 0.15) is 10.3 Å². The van der Waals surface area contributed by atoms with Crippen molar-refractivity contribution in [3.8, 4) is 0 Å². The molecule has 5 rings (SSSR count). The van der Waals surface area contributed by atoms with Crippen LogP contribution >= 0.6 is 15.9 Å². The predicted octanol–water partition coefficient (Wildman–Crippen LogP) is 6.73. The minimum atomic E-state index is -4.61. The molecule has 1 aliphatic rings. The molecule has 0 radical (unpaired) electrons. The summed E-state index contributed by atoms with van der Waals surface area (Å²) in [6, 6.07) is 4.22. The Balaban J connectivity index is 0.000000209. The number of esters is 2. The fourth-order valence-electron chi connectivity index (χ4n) is 4.78. The molecule has 0 amide bonds. The van der Waals surface area contributed by atoms with Crippen LogP contribution in [0, 0.1) is 5.92 Å². The molecule has 17 heteroatoms. The van der Waals surface area contributed by atoms with E-state index in [1.54, 1.807) is 13.8 Å². The molecule has 1 fully saturated rings. The second-order valence-electron chi connectivity index (χ2n) is 9.84. The van der Waals surface area contributed by atoms with E-state index in [4.69, 9.17) is 4.74 Å². The molecule has 0 aromatic carbocycles. The van der Waals surface area contributed by atoms with Crippen LogP contribution in [0.25, 0.3) is 11.3 Å². The Bertz CT molecular complexity index is 1650. The zero-order chi connectivity index (χ0) is 32.2. The summed E-state index contributed by atoms with van der Waals surface area (Å²) in [6.45, 7) is 3.44. The molecule has 0 atom stereocenters. The van der Waals surface area contributed by atoms with Gasteiger partial charge in [0.25, 0.3) is 0 Å². The van der Waals surface area contributed by atoms with E-state index in [1.165, 1.54) is 12.5 Å². The Morgan fingerprint density at radius 1 is 0.795 bits per heavy atom. The van der Waals surface area contributed by atoms with Crippen LogP contribution in [-0.4, -0.2) is 54.3 Å². The van der Waals surface area contributed by atoms with Crippen molar-refractivity contribution >= 4 is 39.2 Å². The van der Waals surface area contributed by atoms with Gasteiger partial charge in [-0.15, -0.1) is 0 Å². The fraction of sp³-hybridized carbons (Fsp3) is 0.481. The van der Waals surface area contributed by atoms with Crippen LogP contribution in [0.1, 0.15) is 84.0 Å². The lowest BCUT2D eigenvalue weighted by molar-refractivity contribution is -0.143. The molecule has 0 N–H and O–H groups in total. The monoisotopic (exact) mass is 692 g/mol. The van der Waals surface area contributed by atoms with E-state index in [0.29, 0.717) is 27.1 Å². The highest BCUT2D eigenvalue weighted by molar-refractivity contribution is 9.10. The maximum Gasteiger partial charge on any atom is 0.433 e. The van der Waals surface area contributed by atoms with Gasteiger partial charge < -0.3 is 9.47 Å². The molecular formula is C27H27BrF6N6O4. The van der Waals surface area contributed by atoms with Gasteiger partial charge >= 0.3 is 24.3 Å². The number of halogens is 7. The molecule has 0 aliphatic heterocycles. The van der Waals surface area contributed by atoms with Crippen LogP contribution in [0.3, 0.4) is 0 Å². The summed E-state index contributed by atoms with van der Waals surface area (Å²) in [7, 11) is 0. The predicted molar refractivity (Wildman–Crippen MR) is 146 cm³/mol. The molecule has 44 heavy (non-hydrogen) atoms. The van der Waals surface area contributed by atoms with Crippen molar-refractivity contribution in [2.75, 3.05) is 13.2 Å². The molecule has 0 spiro atoms. The highest BCUT2D eigenvalue weighted by atomic mass is 79.9. The lowest BCUT2D eigenvalue weighted by atomic mass is 9.86. The number of rotatable bonds is 6. The zero-order valence-electron chi connectivity index (χ0n) is 23.5. The largest absolute Gasteiger partial charge is 0.461 e. The Morgan fingerprint density at radius 2 is 1.27 bits per heavy atom. The number of hydrogen-bond donors (Lipinski definition) is 0. The molecule has 0 bridgehead atoms. The van der Waals surface area contributed by atoms with Gasteiger partial charge in [-0.1, -0.05) is 32.1 Å². The van der Waals surface area contributed by atoms with Crippen LogP contribution in [-0.2, 0) is 28.2 Å². The summed E-state index contributed by atoms with van der Waals surface area (Å²) < 4.78 is 89.5. The first-order valence-electron chi connectivity index (χ1n) is 13.7. The van der Waals surface area contributed by atoms with E-state index in [2.05, 4.69) is 40.8 Å². The number of nitrogens with zero attached hydrogens (tertiary/aromatic N) is 6. The first kappa shape index (κ1) is 33.1. The van der Waals surface area contributed by atoms with Gasteiger partial charge in [0.2, 0.25) is 0 Å². The number of carbonyl (C=O) groups excluding carboxylic acids is 2. The molecule has 10 nitrogen and oxygen atoms in total. The quantitative estimate of drug-likeness (QED) is 0.124. The third-order valence-corrected chi connectivity index (χ3v) is 7.05. The second kappa shape index (κ2) is 13.5. The van der Waals surface area contributed by atoms with E-state index < -0.39 is 35.7 Å². The number of aromatic nitrogens is 6. The van der Waals surface area contributed by atoms with Gasteiger partial charge in [-0.25, -0.2) is 28.6 Å². The summed E-state index contributed by atoms with van der Waals surface area (Å²) in [5.41, 5.74) is -2.03. The molecule has 1 saturated carbocycles. The number of fused-ring (bicyclic) bond motifs is 2. The van der Waals surface area contributed by atoms with E-state index in [-0.39, 0.29) is 40.5 Å². The summed E-state index contributed by atoms with van der Waals surface area (Å²) in [6.07, 6.45) is -3.25. The minimum Gasteiger partial charge on any atom is -0.461 e. The molecular weight excluding hydrogens is 666 g/mol. The molecule has 4 aromatic rings. The van der Waals surface area contributed by atoms with Gasteiger partial charge in [0, 0.05) is 23.9 Å². The van der Waals surface area contributed by atoms with E-state index >= 15 is 0 Å². The summed E-state index contributed by atoms with van der Waals surface area (Å²) in [5.74, 6) is -1.19. The third kappa shape index (κ3) is 7.84. The molecule has 238 valence electrons. The van der Waals surface area contributed by atoms with Crippen molar-refractivity contribution in [1.29, 1.82) is 0 Å². The Morgan fingerprint density at radius 3 is 1.75 bits per heavy atom. The summed E-state index contributed by atoms with van der Waals surface area (Å²) in [5, 5.41) is 7.32. The van der Waals surface area contributed by atoms with Gasteiger partial charge in [-0.3, -0.25) is 0 Å². The average Bonchev–Trinajstić information content (AvgIpc) is 3.57. The van der Waals surface area contributed by atoms with E-state index in [1.807, 2.05) is 0 Å². The average molecular weight is 693 g/mol. The number of ether oxygens (including phenoxy) is 2. The topological polar surface area (TPSA) is 113 Å². The highest BCUT2D eigenvalue weighted by Gasteiger charge is 2.37. The first-order valence-corrected chi connectivity index (χ1v) is 14.4. The first-order chi connectivity index (χ1) is 20.7. The normalized spacial score (nSPS) is 14.4. The van der Waals surface area contributed by atoms with Crippen LogP contribution in [0.4, 0.5) is 26.3 Å². The van der Waals surface area contributed by atoms with Crippen molar-refractivity contribution in [2.45, 2.75) is 64.7 Å². The van der Waals surface area contributed by atoms with Crippen LogP contribution in [0.15, 0.2) is 28.9 Å². The van der Waals surface area contributed by atoms with Crippen LogP contribution in [0.5, 0.6) is 0 Å². The minimum absolute atomic E-state index is 0.00244. The van der Waals surface area contributed by atoms with Crippen molar-refractivity contribution in [3.63, 3.8) is 0 Å². The molecule has 4 heterocycles. The SMILES string of the molecule is CCOC(=O)c1cc2nc(Br)cc(C(F)(F)F)n2n1.CCOC(=O)c1cc2nc(CC3CCCCC3)cc(C(F)(F)F)n2n1. The summed E-state index contributed by atoms with van der Waals surface area (Å²) in [4.78, 5) is 31.3. The maximum atomic E-state index is 13.4. The Kier molecular flexibility index (Phi) is 10.2. The fourth-order valence-corrected chi connectivity index (χ4v) is 5.17. The van der Waals surface area contributed by atoms with Gasteiger partial charge in [0.05, 0.1) is 13.2 Å². The van der Waals surface area contributed by atoms with Crippen molar-refractivity contribution in [3.05, 3.63) is 57.3 Å². The summed E-state index contributed by atoms with van der Waals surface area (Å²) >= 11 is 2.88. The van der Waals surface area contributed by atoms with Crippen LogP contribution < -0.4 is 0 Å². The standard InChI is InChI=1S/C17H20F3N3O2.C10H7BrF3N3O2/c1-2-25-16(24)13-10-15-21-12(8-11-6-4-3-5-7-11)9-14(17(18,19)20)23(15)22-13;1-2-19-9(18)5-3-8-15-7(11)4-6(10(12,13)14)17(8)16-5/h9-11H,2-8H2,1H3;3-4H,2H2,1H3. The molecule has 0 unspecified atom stereocenters. The second-order valence-corrected chi connectivity index (χ2v) is 10.7. The third-order valence-electron chi connectivity index (χ3n) is 6.65. The van der Waals surface area contributed by atoms with Gasteiger partial charge in [-0.05, 0) is 48.2 Å². The Labute approximate surface area is 254 Å². The van der Waals surface area contributed by atoms with Crippen LogP contribution in [0.2, 0.25) is 0 Å². The number of carbonyl (C=O) groups is 2. The van der Waals surface area contributed by atoms with E-state index in [0.717, 1.165) is 43.9 Å². The lowest BCUT2D eigenvalue weighted by Gasteiger charge is -2.21. The van der Waals surface area contributed by atoms with Gasteiger partial charge in [0.15, 0.2) is 28.4 Å².